The fourth-order valence-electron chi connectivity index (χ4n) is 4.19. The van der Waals surface area contributed by atoms with Crippen molar-refractivity contribution in [3.8, 4) is 0 Å². The van der Waals surface area contributed by atoms with E-state index >= 15 is 0 Å². The molecule has 3 aromatic carbocycles. The molecule has 1 radical (unpaired) electrons. The van der Waals surface area contributed by atoms with Crippen molar-refractivity contribution in [3.05, 3.63) is 83.9 Å². The molecule has 4 rings (SSSR count). The summed E-state index contributed by atoms with van der Waals surface area (Å²) in [6.07, 6.45) is 5.07. The predicted molar refractivity (Wildman–Crippen MR) is 115 cm³/mol. The van der Waals surface area contributed by atoms with Crippen LogP contribution in [0.25, 0.3) is 0 Å². The second kappa shape index (κ2) is 7.51. The number of benzene rings is 3. The first kappa shape index (κ1) is 17.1. The van der Waals surface area contributed by atoms with Crippen molar-refractivity contribution < 1.29 is 0 Å². The Kier molecular flexibility index (Phi) is 4.94. The third-order valence-corrected chi connectivity index (χ3v) is 8.21. The third kappa shape index (κ3) is 3.22. The van der Waals surface area contributed by atoms with Gasteiger partial charge in [-0.15, -0.1) is 0 Å². The van der Waals surface area contributed by atoms with E-state index in [0.29, 0.717) is 0 Å². The highest BCUT2D eigenvalue weighted by Crippen LogP contribution is 2.28. The molecule has 3 aromatic rings. The molecule has 0 spiro atoms. The summed E-state index contributed by atoms with van der Waals surface area (Å²) in [5, 5.41) is 4.55. The van der Waals surface area contributed by atoms with E-state index < -0.39 is 8.80 Å². The molecule has 0 unspecified atom stereocenters. The van der Waals surface area contributed by atoms with Gasteiger partial charge in [0.2, 0.25) is 0 Å². The molecule has 1 aliphatic carbocycles. The van der Waals surface area contributed by atoms with Crippen molar-refractivity contribution in [3.63, 3.8) is 0 Å². The van der Waals surface area contributed by atoms with Crippen LogP contribution in [0.15, 0.2) is 72.8 Å². The normalized spacial score (nSPS) is 13.5. The van der Waals surface area contributed by atoms with Gasteiger partial charge >= 0.3 is 0 Å². The molecule has 0 saturated carbocycles. The van der Waals surface area contributed by atoms with Gasteiger partial charge < -0.3 is 4.90 Å². The zero-order valence-corrected chi connectivity index (χ0v) is 16.7. The van der Waals surface area contributed by atoms with Crippen molar-refractivity contribution >= 4 is 30.0 Å². The summed E-state index contributed by atoms with van der Waals surface area (Å²) < 4.78 is 0. The lowest BCUT2D eigenvalue weighted by molar-refractivity contribution is 0.687. The minimum atomic E-state index is -0.978. The molecular weight excluding hydrogens is 330 g/mol. The van der Waals surface area contributed by atoms with Gasteiger partial charge in [0, 0.05) is 19.8 Å². The molecule has 0 saturated heterocycles. The van der Waals surface area contributed by atoms with Crippen LogP contribution in [0.4, 0.5) is 5.69 Å². The highest BCUT2D eigenvalue weighted by atomic mass is 28.3. The molecule has 26 heavy (non-hydrogen) atoms. The van der Waals surface area contributed by atoms with Gasteiger partial charge in [0.25, 0.3) is 0 Å². The van der Waals surface area contributed by atoms with E-state index in [1.54, 1.807) is 16.3 Å². The minimum Gasteiger partial charge on any atom is -0.377 e. The van der Waals surface area contributed by atoms with Crippen LogP contribution in [0.3, 0.4) is 0 Å². The summed E-state index contributed by atoms with van der Waals surface area (Å²) in [5.74, 6) is 0. The van der Waals surface area contributed by atoms with Crippen molar-refractivity contribution in [2.24, 2.45) is 0 Å². The number of fused-ring (bicyclic) bond motifs is 1. The van der Waals surface area contributed by atoms with Crippen LogP contribution in [0, 0.1) is 0 Å². The molecule has 0 heterocycles. The largest absolute Gasteiger partial charge is 0.377 e. The van der Waals surface area contributed by atoms with Crippen LogP contribution in [0.2, 0.25) is 0 Å². The Hall–Kier alpha value is -2.32. The van der Waals surface area contributed by atoms with Gasteiger partial charge in [-0.05, 0) is 48.1 Å². The van der Waals surface area contributed by atoms with Crippen LogP contribution < -0.4 is 20.5 Å². The van der Waals surface area contributed by atoms with Crippen LogP contribution in [0.5, 0.6) is 0 Å². The smallest absolute Gasteiger partial charge is 0.154 e. The molecule has 1 nitrogen and oxygen atoms in total. The van der Waals surface area contributed by atoms with Crippen molar-refractivity contribution in [2.75, 3.05) is 19.0 Å². The summed E-state index contributed by atoms with van der Waals surface area (Å²) in [4.78, 5) is 2.28. The Morgan fingerprint density at radius 3 is 1.73 bits per heavy atom. The lowest BCUT2D eigenvalue weighted by Crippen LogP contribution is -2.53. The van der Waals surface area contributed by atoms with Crippen molar-refractivity contribution in [1.82, 2.24) is 0 Å². The first-order valence-corrected chi connectivity index (χ1v) is 11.1. The zero-order valence-electron chi connectivity index (χ0n) is 15.7. The molecule has 0 N–H and O–H groups in total. The van der Waals surface area contributed by atoms with Gasteiger partial charge in [-0.2, -0.15) is 0 Å². The molecule has 1 aliphatic rings. The molecule has 2 heteroatoms. The molecule has 0 atom stereocenters. The van der Waals surface area contributed by atoms with Crippen LogP contribution in [0.1, 0.15) is 24.0 Å². The fourth-order valence-corrected chi connectivity index (χ4v) is 7.02. The summed E-state index contributed by atoms with van der Waals surface area (Å²) in [6, 6.07) is 27.0. The van der Waals surface area contributed by atoms with Crippen LogP contribution in [-0.4, -0.2) is 22.9 Å². The average Bonchev–Trinajstić information content (AvgIpc) is 2.70. The maximum atomic E-state index is 2.42. The topological polar surface area (TPSA) is 3.24 Å². The van der Waals surface area contributed by atoms with Gasteiger partial charge in [-0.3, -0.25) is 0 Å². The number of hydrogen-bond acceptors (Lipinski definition) is 1. The van der Waals surface area contributed by atoms with E-state index in [9.17, 15) is 0 Å². The van der Waals surface area contributed by atoms with E-state index in [2.05, 4.69) is 91.8 Å². The van der Waals surface area contributed by atoms with Crippen molar-refractivity contribution in [2.45, 2.75) is 25.7 Å². The number of rotatable bonds is 4. The summed E-state index contributed by atoms with van der Waals surface area (Å²) >= 11 is 0. The van der Waals surface area contributed by atoms with Gasteiger partial charge in [-0.1, -0.05) is 77.1 Å². The lowest BCUT2D eigenvalue weighted by atomic mass is 9.90. The Morgan fingerprint density at radius 2 is 1.19 bits per heavy atom. The van der Waals surface area contributed by atoms with E-state index in [-0.39, 0.29) is 0 Å². The Morgan fingerprint density at radius 1 is 0.654 bits per heavy atom. The first-order valence-electron chi connectivity index (χ1n) is 9.56. The number of hydrogen-bond donors (Lipinski definition) is 0. The minimum absolute atomic E-state index is 0.978. The van der Waals surface area contributed by atoms with Gasteiger partial charge in [0.05, 0.1) is 0 Å². The van der Waals surface area contributed by atoms with E-state index in [1.165, 1.54) is 41.7 Å². The van der Waals surface area contributed by atoms with Gasteiger partial charge in [0.1, 0.15) is 0 Å². The van der Waals surface area contributed by atoms with Gasteiger partial charge in [-0.25, -0.2) is 0 Å². The summed E-state index contributed by atoms with van der Waals surface area (Å²) in [5.41, 5.74) is 4.63. The Labute approximate surface area is 158 Å². The maximum absolute atomic E-state index is 2.42. The number of nitrogens with zero attached hydrogens (tertiary/aromatic N) is 1. The van der Waals surface area contributed by atoms with Crippen molar-refractivity contribution in [1.29, 1.82) is 0 Å². The quantitative estimate of drug-likeness (QED) is 0.513. The summed E-state index contributed by atoms with van der Waals surface area (Å²) in [7, 11) is 3.36. The van der Waals surface area contributed by atoms with E-state index in [0.717, 1.165) is 0 Å². The van der Waals surface area contributed by atoms with Gasteiger partial charge in [0.15, 0.2) is 8.80 Å². The van der Waals surface area contributed by atoms with Crippen LogP contribution >= 0.6 is 0 Å². The monoisotopic (exact) mass is 356 g/mol. The molecule has 0 amide bonds. The predicted octanol–water partition coefficient (Wildman–Crippen LogP) is 3.15. The maximum Gasteiger partial charge on any atom is 0.154 e. The highest BCUT2D eigenvalue weighted by Gasteiger charge is 2.26. The zero-order chi connectivity index (χ0) is 17.9. The Balaban J connectivity index is 1.92. The Bertz CT molecular complexity index is 832. The average molecular weight is 357 g/mol. The standard InChI is InChI=1S/C24H26NSi/c1-25(2)23-17-18-24(22-16-10-9-15-21(22)23)26(19-11-5-3-6-12-19)20-13-7-4-8-14-20/h3-8,11-14,17-18H,9-10,15-16H2,1-2H3. The molecule has 0 fully saturated rings. The van der Waals surface area contributed by atoms with E-state index in [4.69, 9.17) is 0 Å². The lowest BCUT2D eigenvalue weighted by Gasteiger charge is -2.29. The summed E-state index contributed by atoms with van der Waals surface area (Å²) in [6.45, 7) is 0. The molecule has 0 aromatic heterocycles. The first-order chi connectivity index (χ1) is 12.8. The molecule has 0 bridgehead atoms. The highest BCUT2D eigenvalue weighted by molar-refractivity contribution is 6.95. The second-order valence-corrected chi connectivity index (χ2v) is 9.74. The SMILES string of the molecule is CN(C)c1ccc([Si](c2ccccc2)c2ccccc2)c2c1CCCC2. The fraction of sp³-hybridized carbons (Fsp3) is 0.250. The molecule has 131 valence electrons. The molecule has 0 aliphatic heterocycles. The van der Waals surface area contributed by atoms with Crippen LogP contribution in [-0.2, 0) is 12.8 Å². The second-order valence-electron chi connectivity index (χ2n) is 7.30. The van der Waals surface area contributed by atoms with E-state index in [1.807, 2.05) is 0 Å². The molecular formula is C24H26NSi. The number of anilines is 1. The third-order valence-electron chi connectivity index (χ3n) is 5.39.